The van der Waals surface area contributed by atoms with Gasteiger partial charge in [-0.25, -0.2) is 0 Å². The Kier molecular flexibility index (Phi) is 4.54. The van der Waals surface area contributed by atoms with E-state index in [0.29, 0.717) is 11.1 Å². The van der Waals surface area contributed by atoms with Crippen molar-refractivity contribution in [2.24, 2.45) is 0 Å². The van der Waals surface area contributed by atoms with Crippen molar-refractivity contribution >= 4 is 16.7 Å². The van der Waals surface area contributed by atoms with Crippen LogP contribution < -0.4 is 5.32 Å². The van der Waals surface area contributed by atoms with Crippen LogP contribution in [0.1, 0.15) is 27.5 Å². The van der Waals surface area contributed by atoms with Gasteiger partial charge in [-0.3, -0.25) is 9.78 Å². The second kappa shape index (κ2) is 7.30. The summed E-state index contributed by atoms with van der Waals surface area (Å²) in [6.07, 6.45) is 3.36. The molecule has 1 aromatic heterocycles. The Labute approximate surface area is 157 Å². The number of fused-ring (bicyclic) bond motifs is 1. The Bertz CT molecular complexity index is 1080. The highest BCUT2D eigenvalue weighted by molar-refractivity contribution is 5.96. The Balaban J connectivity index is 1.85. The zero-order valence-electron chi connectivity index (χ0n) is 14.5. The Hall–Kier alpha value is -3.66. The van der Waals surface area contributed by atoms with Crippen LogP contribution >= 0.6 is 0 Å². The molecule has 0 aliphatic rings. The lowest BCUT2D eigenvalue weighted by Crippen LogP contribution is -2.29. The Morgan fingerprint density at radius 3 is 2.33 bits per heavy atom. The molecule has 1 atom stereocenters. The average molecular weight is 354 g/mol. The van der Waals surface area contributed by atoms with Gasteiger partial charge in [-0.1, -0.05) is 48.5 Å². The number of carbonyl (C=O) groups is 1. The van der Waals surface area contributed by atoms with E-state index in [1.807, 2.05) is 60.7 Å². The number of amides is 1. The van der Waals surface area contributed by atoms with Crippen LogP contribution in [0.25, 0.3) is 10.8 Å². The molecule has 0 aliphatic carbocycles. The molecule has 0 fully saturated rings. The van der Waals surface area contributed by atoms with Gasteiger partial charge in [-0.15, -0.1) is 0 Å². The zero-order chi connectivity index (χ0) is 18.6. The monoisotopic (exact) mass is 354 g/mol. The second-order valence-electron chi connectivity index (χ2n) is 6.27. The number of benzene rings is 3. The molecule has 3 aromatic carbocycles. The second-order valence-corrected chi connectivity index (χ2v) is 6.27. The van der Waals surface area contributed by atoms with Crippen LogP contribution in [0.4, 0.5) is 0 Å². The number of hydrogen-bond acceptors (Lipinski definition) is 3. The highest BCUT2D eigenvalue weighted by Crippen LogP contribution is 2.35. The fraction of sp³-hybridized carbons (Fsp3) is 0.0435. The van der Waals surface area contributed by atoms with Crippen molar-refractivity contribution in [3.8, 4) is 5.75 Å². The number of phenolic OH excluding ortho intramolecular Hbond substituents is 1. The predicted octanol–water partition coefficient (Wildman–Crippen LogP) is 4.46. The summed E-state index contributed by atoms with van der Waals surface area (Å²) in [6, 6.07) is 23.6. The number of aromatic hydroxyl groups is 1. The lowest BCUT2D eigenvalue weighted by Gasteiger charge is -2.22. The molecule has 0 aliphatic heterocycles. The first-order valence-electron chi connectivity index (χ1n) is 8.70. The minimum Gasteiger partial charge on any atom is -0.508 e. The fourth-order valence-corrected chi connectivity index (χ4v) is 3.27. The fourth-order valence-electron chi connectivity index (χ4n) is 3.27. The van der Waals surface area contributed by atoms with Crippen LogP contribution in [0.5, 0.6) is 5.75 Å². The van der Waals surface area contributed by atoms with Gasteiger partial charge in [-0.2, -0.15) is 0 Å². The SMILES string of the molecule is O=C(NC(c1ccncc1)c1c(O)ccc2ccccc12)c1ccccc1. The summed E-state index contributed by atoms with van der Waals surface area (Å²) < 4.78 is 0. The number of nitrogens with one attached hydrogen (secondary N) is 1. The van der Waals surface area contributed by atoms with E-state index in [9.17, 15) is 9.90 Å². The molecule has 0 saturated heterocycles. The van der Waals surface area contributed by atoms with Gasteiger partial charge in [-0.05, 0) is 46.7 Å². The number of nitrogens with zero attached hydrogens (tertiary/aromatic N) is 1. The van der Waals surface area contributed by atoms with E-state index in [4.69, 9.17) is 0 Å². The van der Waals surface area contributed by atoms with E-state index in [1.54, 1.807) is 30.6 Å². The molecule has 2 N–H and O–H groups in total. The number of pyridine rings is 1. The van der Waals surface area contributed by atoms with Crippen LogP contribution in [-0.2, 0) is 0 Å². The summed E-state index contributed by atoms with van der Waals surface area (Å²) >= 11 is 0. The van der Waals surface area contributed by atoms with Crippen LogP contribution in [0, 0.1) is 0 Å². The molecule has 1 unspecified atom stereocenters. The van der Waals surface area contributed by atoms with Crippen molar-refractivity contribution in [1.82, 2.24) is 10.3 Å². The molecular weight excluding hydrogens is 336 g/mol. The summed E-state index contributed by atoms with van der Waals surface area (Å²) in [7, 11) is 0. The normalized spacial score (nSPS) is 11.9. The summed E-state index contributed by atoms with van der Waals surface area (Å²) in [4.78, 5) is 16.9. The van der Waals surface area contributed by atoms with Crippen LogP contribution in [-0.4, -0.2) is 16.0 Å². The number of rotatable bonds is 4. The first kappa shape index (κ1) is 16.8. The Morgan fingerprint density at radius 1 is 0.852 bits per heavy atom. The Morgan fingerprint density at radius 2 is 1.56 bits per heavy atom. The van der Waals surface area contributed by atoms with Crippen LogP contribution in [0.15, 0.2) is 91.3 Å². The van der Waals surface area contributed by atoms with Crippen molar-refractivity contribution in [2.75, 3.05) is 0 Å². The van der Waals surface area contributed by atoms with E-state index in [-0.39, 0.29) is 11.7 Å². The van der Waals surface area contributed by atoms with Gasteiger partial charge >= 0.3 is 0 Å². The van der Waals surface area contributed by atoms with E-state index < -0.39 is 6.04 Å². The zero-order valence-corrected chi connectivity index (χ0v) is 14.5. The third kappa shape index (κ3) is 3.37. The van der Waals surface area contributed by atoms with Gasteiger partial charge in [0, 0.05) is 23.5 Å². The molecular formula is C23H18N2O2. The smallest absolute Gasteiger partial charge is 0.252 e. The summed E-state index contributed by atoms with van der Waals surface area (Å²) in [5, 5.41) is 15.6. The van der Waals surface area contributed by atoms with Crippen molar-refractivity contribution < 1.29 is 9.90 Å². The van der Waals surface area contributed by atoms with Gasteiger partial charge in [0.15, 0.2) is 0 Å². The maximum atomic E-state index is 12.8. The van der Waals surface area contributed by atoms with Crippen LogP contribution in [0.3, 0.4) is 0 Å². The number of hydrogen-bond donors (Lipinski definition) is 2. The first-order chi connectivity index (χ1) is 13.2. The molecule has 4 rings (SSSR count). The van der Waals surface area contributed by atoms with Crippen molar-refractivity contribution in [2.45, 2.75) is 6.04 Å². The van der Waals surface area contributed by atoms with Gasteiger partial charge < -0.3 is 10.4 Å². The molecule has 27 heavy (non-hydrogen) atoms. The molecule has 0 bridgehead atoms. The molecule has 0 radical (unpaired) electrons. The van der Waals surface area contributed by atoms with E-state index in [2.05, 4.69) is 10.3 Å². The van der Waals surface area contributed by atoms with E-state index in [0.717, 1.165) is 16.3 Å². The summed E-state index contributed by atoms with van der Waals surface area (Å²) in [6.45, 7) is 0. The molecule has 0 spiro atoms. The van der Waals surface area contributed by atoms with E-state index >= 15 is 0 Å². The van der Waals surface area contributed by atoms with Gasteiger partial charge in [0.1, 0.15) is 5.75 Å². The number of phenols is 1. The molecule has 4 heteroatoms. The standard InChI is InChI=1S/C23H18N2O2/c26-20-11-10-16-6-4-5-9-19(16)21(20)22(17-12-14-24-15-13-17)25-23(27)18-7-2-1-3-8-18/h1-15,22,26H,(H,25,27). The van der Waals surface area contributed by atoms with Crippen LogP contribution in [0.2, 0.25) is 0 Å². The van der Waals surface area contributed by atoms with Crippen molar-refractivity contribution in [3.63, 3.8) is 0 Å². The lowest BCUT2D eigenvalue weighted by molar-refractivity contribution is 0.0943. The molecule has 0 saturated carbocycles. The molecule has 1 heterocycles. The molecule has 1 amide bonds. The third-order valence-electron chi connectivity index (χ3n) is 4.59. The maximum absolute atomic E-state index is 12.8. The largest absolute Gasteiger partial charge is 0.508 e. The molecule has 4 aromatic rings. The topological polar surface area (TPSA) is 62.2 Å². The highest BCUT2D eigenvalue weighted by atomic mass is 16.3. The predicted molar refractivity (Wildman–Crippen MR) is 106 cm³/mol. The van der Waals surface area contributed by atoms with Crippen molar-refractivity contribution in [3.05, 3.63) is 108 Å². The summed E-state index contributed by atoms with van der Waals surface area (Å²) in [5.74, 6) is -0.0615. The molecule has 4 nitrogen and oxygen atoms in total. The minimum absolute atomic E-state index is 0.142. The summed E-state index contributed by atoms with van der Waals surface area (Å²) in [5.41, 5.74) is 2.08. The third-order valence-corrected chi connectivity index (χ3v) is 4.59. The van der Waals surface area contributed by atoms with Gasteiger partial charge in [0.2, 0.25) is 0 Å². The van der Waals surface area contributed by atoms with Gasteiger partial charge in [0.05, 0.1) is 6.04 Å². The lowest BCUT2D eigenvalue weighted by atomic mass is 9.93. The number of aromatic nitrogens is 1. The van der Waals surface area contributed by atoms with E-state index in [1.165, 1.54) is 0 Å². The number of carbonyl (C=O) groups excluding carboxylic acids is 1. The first-order valence-corrected chi connectivity index (χ1v) is 8.70. The average Bonchev–Trinajstić information content (AvgIpc) is 2.73. The maximum Gasteiger partial charge on any atom is 0.252 e. The van der Waals surface area contributed by atoms with Crippen molar-refractivity contribution in [1.29, 1.82) is 0 Å². The highest BCUT2D eigenvalue weighted by Gasteiger charge is 2.23. The molecule has 132 valence electrons. The minimum atomic E-state index is -0.508. The quantitative estimate of drug-likeness (QED) is 0.569. The van der Waals surface area contributed by atoms with Gasteiger partial charge in [0.25, 0.3) is 5.91 Å².